The molecule has 0 aliphatic carbocycles. The summed E-state index contributed by atoms with van der Waals surface area (Å²) >= 11 is -1.90. The molecule has 1 heterocycles. The minimum Gasteiger partial charge on any atom is -0.306 e. The molecule has 0 radical (unpaired) electrons. The van der Waals surface area contributed by atoms with E-state index in [4.69, 9.17) is 4.55 Å². The van der Waals surface area contributed by atoms with Gasteiger partial charge in [0, 0.05) is 11.1 Å². The van der Waals surface area contributed by atoms with Gasteiger partial charge in [0.1, 0.15) is 5.82 Å². The summed E-state index contributed by atoms with van der Waals surface area (Å²) in [5, 5.41) is 4.32. The summed E-state index contributed by atoms with van der Waals surface area (Å²) in [6.45, 7) is 4.29. The number of hydrogen-bond donors (Lipinski definition) is 1. The van der Waals surface area contributed by atoms with Gasteiger partial charge in [-0.15, -0.1) is 0 Å². The van der Waals surface area contributed by atoms with Gasteiger partial charge in [0.05, 0.1) is 17.6 Å². The highest BCUT2D eigenvalue weighted by Gasteiger charge is 2.15. The Bertz CT molecular complexity index is 1080. The summed E-state index contributed by atoms with van der Waals surface area (Å²) in [7, 11) is 0. The van der Waals surface area contributed by atoms with Crippen LogP contribution in [0.4, 0.5) is 4.39 Å². The second-order valence-corrected chi connectivity index (χ2v) is 8.61. The molecule has 30 heavy (non-hydrogen) atoms. The van der Waals surface area contributed by atoms with Gasteiger partial charge in [0.15, 0.2) is 11.1 Å². The highest BCUT2D eigenvalue weighted by atomic mass is 32.2. The van der Waals surface area contributed by atoms with Crippen LogP contribution in [-0.4, -0.2) is 18.5 Å². The Hall–Kier alpha value is -2.64. The van der Waals surface area contributed by atoms with E-state index in [1.807, 2.05) is 12.1 Å². The molecule has 0 aliphatic heterocycles. The number of rotatable bonds is 8. The first-order valence-electron chi connectivity index (χ1n) is 9.89. The first kappa shape index (κ1) is 22.1. The van der Waals surface area contributed by atoms with Gasteiger partial charge in [-0.3, -0.25) is 4.79 Å². The maximum absolute atomic E-state index is 13.3. The second kappa shape index (κ2) is 9.91. The van der Waals surface area contributed by atoms with Gasteiger partial charge in [0.25, 0.3) is 5.56 Å². The lowest BCUT2D eigenvalue weighted by atomic mass is 9.96. The summed E-state index contributed by atoms with van der Waals surface area (Å²) in [6.07, 6.45) is 4.14. The van der Waals surface area contributed by atoms with E-state index < -0.39 is 11.1 Å². The molecule has 5 nitrogen and oxygen atoms in total. The number of nitrogens with zero attached hydrogens (tertiary/aromatic N) is 2. The van der Waals surface area contributed by atoms with Crippen molar-refractivity contribution >= 4 is 11.1 Å². The Morgan fingerprint density at radius 1 is 1.10 bits per heavy atom. The van der Waals surface area contributed by atoms with Crippen molar-refractivity contribution in [2.45, 2.75) is 38.9 Å². The third-order valence-electron chi connectivity index (χ3n) is 4.91. The summed E-state index contributed by atoms with van der Waals surface area (Å²) in [6, 6.07) is 12.9. The van der Waals surface area contributed by atoms with E-state index >= 15 is 0 Å². The topological polar surface area (TPSA) is 72.2 Å². The number of aromatic nitrogens is 2. The SMILES string of the molecule is CC(C)CCCc1c(-c2ccc(CS(=O)O)cc2)cnn(-c2ccc(F)cc2)c1=O. The predicted molar refractivity (Wildman–Crippen MR) is 117 cm³/mol. The third kappa shape index (κ3) is 5.49. The zero-order chi connectivity index (χ0) is 21.7. The van der Waals surface area contributed by atoms with Gasteiger partial charge < -0.3 is 4.55 Å². The van der Waals surface area contributed by atoms with Crippen LogP contribution < -0.4 is 5.56 Å². The molecular weight excluding hydrogens is 403 g/mol. The predicted octanol–water partition coefficient (Wildman–Crippen LogP) is 4.74. The molecule has 1 aromatic heterocycles. The van der Waals surface area contributed by atoms with Crippen molar-refractivity contribution in [3.63, 3.8) is 0 Å². The van der Waals surface area contributed by atoms with Gasteiger partial charge in [0.2, 0.25) is 0 Å². The number of benzene rings is 2. The third-order valence-corrected chi connectivity index (χ3v) is 5.49. The highest BCUT2D eigenvalue weighted by Crippen LogP contribution is 2.24. The Morgan fingerprint density at radius 2 is 1.77 bits per heavy atom. The van der Waals surface area contributed by atoms with E-state index in [1.165, 1.54) is 28.9 Å². The standard InChI is InChI=1S/C23H25FN2O3S/c1-16(2)4-3-5-21-22(18-8-6-17(7-9-18)15-30(28)29)14-25-26(23(21)27)20-12-10-19(24)11-13-20/h6-14,16H,3-5,15H2,1-2H3,(H,28,29). The minimum absolute atomic E-state index is 0.0614. The molecule has 0 saturated heterocycles. The van der Waals surface area contributed by atoms with Crippen LogP contribution in [0.2, 0.25) is 0 Å². The van der Waals surface area contributed by atoms with Crippen molar-refractivity contribution in [3.05, 3.63) is 82.0 Å². The fourth-order valence-electron chi connectivity index (χ4n) is 3.36. The zero-order valence-corrected chi connectivity index (χ0v) is 17.9. The monoisotopic (exact) mass is 428 g/mol. The van der Waals surface area contributed by atoms with E-state index in [0.29, 0.717) is 23.6 Å². The first-order valence-corrected chi connectivity index (χ1v) is 11.2. The van der Waals surface area contributed by atoms with Crippen molar-refractivity contribution in [1.29, 1.82) is 0 Å². The fraction of sp³-hybridized carbons (Fsp3) is 0.304. The average Bonchev–Trinajstić information content (AvgIpc) is 2.70. The van der Waals surface area contributed by atoms with Crippen LogP contribution in [-0.2, 0) is 23.3 Å². The molecule has 1 N–H and O–H groups in total. The quantitative estimate of drug-likeness (QED) is 0.526. The van der Waals surface area contributed by atoms with Crippen LogP contribution in [0.5, 0.6) is 0 Å². The van der Waals surface area contributed by atoms with Crippen LogP contribution in [0.25, 0.3) is 16.8 Å². The van der Waals surface area contributed by atoms with Crippen LogP contribution in [0.1, 0.15) is 37.8 Å². The second-order valence-electron chi connectivity index (χ2n) is 7.68. The van der Waals surface area contributed by atoms with Gasteiger partial charge >= 0.3 is 0 Å². The Labute approximate surface area is 177 Å². The lowest BCUT2D eigenvalue weighted by Gasteiger charge is -2.13. The molecule has 0 bridgehead atoms. The minimum atomic E-state index is -1.90. The molecule has 0 amide bonds. The molecule has 0 fully saturated rings. The summed E-state index contributed by atoms with van der Waals surface area (Å²) in [4.78, 5) is 13.3. The van der Waals surface area contributed by atoms with E-state index in [-0.39, 0.29) is 17.1 Å². The molecule has 0 spiro atoms. The Balaban J connectivity index is 2.03. The fourth-order valence-corrected chi connectivity index (χ4v) is 3.83. The molecule has 1 atom stereocenters. The maximum Gasteiger partial charge on any atom is 0.275 e. The van der Waals surface area contributed by atoms with Crippen LogP contribution >= 0.6 is 0 Å². The summed E-state index contributed by atoms with van der Waals surface area (Å²) in [5.74, 6) is 0.226. The molecule has 2 aromatic carbocycles. The van der Waals surface area contributed by atoms with Crippen molar-refractivity contribution in [2.75, 3.05) is 0 Å². The summed E-state index contributed by atoms with van der Waals surface area (Å²) < 4.78 is 34.7. The van der Waals surface area contributed by atoms with Gasteiger partial charge in [-0.25, -0.2) is 8.60 Å². The first-order chi connectivity index (χ1) is 14.3. The zero-order valence-electron chi connectivity index (χ0n) is 17.0. The largest absolute Gasteiger partial charge is 0.306 e. The molecule has 0 aliphatic rings. The Kier molecular flexibility index (Phi) is 7.29. The highest BCUT2D eigenvalue weighted by molar-refractivity contribution is 7.78. The van der Waals surface area contributed by atoms with E-state index in [2.05, 4.69) is 18.9 Å². The molecule has 3 aromatic rings. The normalized spacial score (nSPS) is 12.3. The van der Waals surface area contributed by atoms with Crippen LogP contribution in [0, 0.1) is 11.7 Å². The van der Waals surface area contributed by atoms with Crippen molar-refractivity contribution in [1.82, 2.24) is 9.78 Å². The Morgan fingerprint density at radius 3 is 2.37 bits per heavy atom. The van der Waals surface area contributed by atoms with Crippen molar-refractivity contribution in [2.24, 2.45) is 5.92 Å². The molecule has 7 heteroatoms. The van der Waals surface area contributed by atoms with Gasteiger partial charge in [-0.1, -0.05) is 44.5 Å². The lowest BCUT2D eigenvalue weighted by molar-refractivity contribution is 0.553. The summed E-state index contributed by atoms with van der Waals surface area (Å²) in [5.41, 5.74) is 3.28. The molecule has 0 saturated carbocycles. The van der Waals surface area contributed by atoms with Crippen molar-refractivity contribution < 1.29 is 13.2 Å². The van der Waals surface area contributed by atoms with E-state index in [1.54, 1.807) is 18.3 Å². The van der Waals surface area contributed by atoms with Crippen molar-refractivity contribution in [3.8, 4) is 16.8 Å². The smallest absolute Gasteiger partial charge is 0.275 e. The molecule has 1 unspecified atom stereocenters. The average molecular weight is 429 g/mol. The van der Waals surface area contributed by atoms with Crippen LogP contribution in [0.3, 0.4) is 0 Å². The van der Waals surface area contributed by atoms with E-state index in [0.717, 1.165) is 29.5 Å². The number of hydrogen-bond acceptors (Lipinski definition) is 3. The van der Waals surface area contributed by atoms with Crippen LogP contribution in [0.15, 0.2) is 59.5 Å². The van der Waals surface area contributed by atoms with Gasteiger partial charge in [-0.05, 0) is 54.2 Å². The van der Waals surface area contributed by atoms with Gasteiger partial charge in [-0.2, -0.15) is 9.78 Å². The van der Waals surface area contributed by atoms with E-state index in [9.17, 15) is 13.4 Å². The number of halogens is 1. The molecule has 3 rings (SSSR count). The molecular formula is C23H25FN2O3S. The molecule has 158 valence electrons. The maximum atomic E-state index is 13.3. The lowest BCUT2D eigenvalue weighted by Crippen LogP contribution is -2.25.